The average molecular weight is 286 g/mol. The normalized spacial score (nSPS) is 27.6. The van der Waals surface area contributed by atoms with Crippen LogP contribution in [0.15, 0.2) is 4.99 Å². The van der Waals surface area contributed by atoms with E-state index in [1.165, 1.54) is 38.5 Å². The van der Waals surface area contributed by atoms with Gasteiger partial charge in [0.05, 0.1) is 6.02 Å². The van der Waals surface area contributed by atoms with Gasteiger partial charge in [0.2, 0.25) is 0 Å². The molecule has 4 nitrogen and oxygen atoms in total. The molecule has 1 N–H and O–H groups in total. The van der Waals surface area contributed by atoms with Gasteiger partial charge in [-0.25, -0.2) is 0 Å². The van der Waals surface area contributed by atoms with Crippen LogP contribution in [-0.4, -0.2) is 17.5 Å². The Kier molecular flexibility index (Phi) is 5.55. The van der Waals surface area contributed by atoms with Gasteiger partial charge in [0, 0.05) is 0 Å². The van der Waals surface area contributed by atoms with Crippen LogP contribution in [0.25, 0.3) is 0 Å². The van der Waals surface area contributed by atoms with E-state index in [4.69, 9.17) is 0 Å². The molecule has 2 fully saturated rings. The molecule has 0 atom stereocenters. The zero-order valence-corrected chi connectivity index (χ0v) is 14.5. The van der Waals surface area contributed by atoms with Gasteiger partial charge < -0.3 is 10.4 Å². The van der Waals surface area contributed by atoms with Crippen molar-refractivity contribution in [2.75, 3.05) is 0 Å². The van der Waals surface area contributed by atoms with Crippen LogP contribution >= 0.6 is 0 Å². The first-order chi connectivity index (χ1) is 9.23. The first-order valence-electron chi connectivity index (χ1n) is 7.82. The molecule has 1 amide bonds. The minimum atomic E-state index is -0.710. The van der Waals surface area contributed by atoms with Gasteiger partial charge in [-0.1, -0.05) is 38.5 Å². The van der Waals surface area contributed by atoms with E-state index >= 15 is 0 Å². The number of hydrogen-bond donors (Lipinski definition) is 1. The van der Waals surface area contributed by atoms with Crippen LogP contribution in [0.3, 0.4) is 0 Å². The monoisotopic (exact) mass is 286 g/mol. The first kappa shape index (κ1) is 16.3. The van der Waals surface area contributed by atoms with Crippen molar-refractivity contribution >= 4 is 11.9 Å². The van der Waals surface area contributed by atoms with Gasteiger partial charge in [0.25, 0.3) is 5.91 Å². The minimum Gasteiger partial charge on any atom is -0.846 e. The Labute approximate surface area is 143 Å². The number of nitrogens with zero attached hydrogens (tertiary/aromatic N) is 1. The minimum absolute atomic E-state index is 0. The molecule has 0 aromatic carbocycles. The summed E-state index contributed by atoms with van der Waals surface area (Å²) >= 11 is 0. The largest absolute Gasteiger partial charge is 1.00 e. The van der Waals surface area contributed by atoms with E-state index in [1.807, 2.05) is 0 Å². The zero-order valence-electron chi connectivity index (χ0n) is 12.5. The molecule has 0 bridgehead atoms. The number of hydrogen-bond acceptors (Lipinski definition) is 3. The molecule has 1 aliphatic heterocycles. The standard InChI is InChI=1S/C15H24N2O2.Na/c18-13-15(17-14(19)16-13,11-7-3-1-4-8-11)12-9-5-2-6-10-12;/h11-12H,1-10H2,(H2,16,17,18,19);/q;+1/p-1. The first-order valence-corrected chi connectivity index (χ1v) is 7.82. The van der Waals surface area contributed by atoms with Crippen molar-refractivity contribution in [3.05, 3.63) is 0 Å². The fraction of sp³-hybridized carbons (Fsp3) is 0.867. The quantitative estimate of drug-likeness (QED) is 0.644. The van der Waals surface area contributed by atoms with Gasteiger partial charge >= 0.3 is 29.6 Å². The number of carbonyl (C=O) groups excluding carboxylic acids is 1. The number of nitrogens with one attached hydrogen (secondary N) is 1. The van der Waals surface area contributed by atoms with Crippen LogP contribution in [0.2, 0.25) is 0 Å². The Morgan fingerprint density at radius 1 is 0.950 bits per heavy atom. The number of aliphatic imine (C=N–C) groups is 1. The zero-order chi connectivity index (χ0) is 13.3. The summed E-state index contributed by atoms with van der Waals surface area (Å²) in [6, 6.07) is -0.402. The fourth-order valence-corrected chi connectivity index (χ4v) is 4.42. The topological polar surface area (TPSA) is 64.5 Å². The van der Waals surface area contributed by atoms with Gasteiger partial charge in [-0.3, -0.25) is 9.79 Å². The summed E-state index contributed by atoms with van der Waals surface area (Å²) < 4.78 is 0. The van der Waals surface area contributed by atoms with E-state index in [9.17, 15) is 9.90 Å². The maximum absolute atomic E-state index is 12.5. The van der Waals surface area contributed by atoms with E-state index in [2.05, 4.69) is 10.3 Å². The number of amidine groups is 1. The Hall–Kier alpha value is -0.0600. The molecular formula is C15H23N2NaO2. The number of rotatable bonds is 2. The van der Waals surface area contributed by atoms with Crippen LogP contribution in [0.5, 0.6) is 0 Å². The molecule has 2 saturated carbocycles. The molecule has 20 heavy (non-hydrogen) atoms. The average Bonchev–Trinajstić information content (AvgIpc) is 2.76. The maximum Gasteiger partial charge on any atom is 1.00 e. The molecule has 1 heterocycles. The second-order valence-electron chi connectivity index (χ2n) is 6.37. The van der Waals surface area contributed by atoms with Gasteiger partial charge in [-0.2, -0.15) is 0 Å². The van der Waals surface area contributed by atoms with E-state index in [-0.39, 0.29) is 47.3 Å². The third-order valence-corrected chi connectivity index (χ3v) is 5.33. The molecule has 5 heteroatoms. The maximum atomic E-state index is 12.5. The predicted octanol–water partition coefficient (Wildman–Crippen LogP) is -1.26. The summed E-state index contributed by atoms with van der Waals surface area (Å²) in [6.45, 7) is 0. The molecule has 0 saturated heterocycles. The molecule has 2 aliphatic carbocycles. The molecule has 3 rings (SSSR count). The van der Waals surface area contributed by atoms with Crippen molar-refractivity contribution < 1.29 is 39.5 Å². The summed E-state index contributed by atoms with van der Waals surface area (Å²) in [7, 11) is 0. The van der Waals surface area contributed by atoms with Crippen molar-refractivity contribution in [2.24, 2.45) is 16.8 Å². The van der Waals surface area contributed by atoms with Crippen LogP contribution < -0.4 is 40.0 Å². The van der Waals surface area contributed by atoms with E-state index in [0.29, 0.717) is 0 Å². The third-order valence-electron chi connectivity index (χ3n) is 5.33. The van der Waals surface area contributed by atoms with Crippen molar-refractivity contribution in [3.63, 3.8) is 0 Å². The van der Waals surface area contributed by atoms with Crippen molar-refractivity contribution in [2.45, 2.75) is 69.7 Å². The Morgan fingerprint density at radius 2 is 1.40 bits per heavy atom. The molecule has 0 unspecified atom stereocenters. The van der Waals surface area contributed by atoms with Gasteiger partial charge in [-0.15, -0.1) is 0 Å². The van der Waals surface area contributed by atoms with E-state index in [1.54, 1.807) is 0 Å². The Balaban J connectivity index is 0.00000147. The molecule has 106 valence electrons. The molecule has 0 aromatic rings. The van der Waals surface area contributed by atoms with Crippen LogP contribution in [-0.2, 0) is 4.79 Å². The molecular weight excluding hydrogens is 263 g/mol. The summed E-state index contributed by atoms with van der Waals surface area (Å²) in [5.41, 5.74) is -0.710. The summed E-state index contributed by atoms with van der Waals surface area (Å²) in [4.78, 5) is 16.8. The second-order valence-corrected chi connectivity index (χ2v) is 6.37. The van der Waals surface area contributed by atoms with Gasteiger partial charge in [0.15, 0.2) is 0 Å². The summed E-state index contributed by atoms with van der Waals surface area (Å²) in [5, 5.41) is 14.1. The third kappa shape index (κ3) is 2.79. The molecule has 0 aromatic heterocycles. The second kappa shape index (κ2) is 6.80. The molecule has 0 spiro atoms. The van der Waals surface area contributed by atoms with Crippen LogP contribution in [0.1, 0.15) is 64.2 Å². The number of carbonyl (C=O) groups is 1. The van der Waals surface area contributed by atoms with Crippen molar-refractivity contribution in [1.29, 1.82) is 0 Å². The predicted molar refractivity (Wildman–Crippen MR) is 71.5 cm³/mol. The van der Waals surface area contributed by atoms with Crippen LogP contribution in [0, 0.1) is 11.8 Å². The van der Waals surface area contributed by atoms with Gasteiger partial charge in [-0.05, 0) is 37.5 Å². The Morgan fingerprint density at radius 3 is 1.75 bits per heavy atom. The number of amides is 1. The molecule has 3 aliphatic rings. The Bertz CT molecular complexity index is 367. The smallest absolute Gasteiger partial charge is 0.846 e. The summed E-state index contributed by atoms with van der Waals surface area (Å²) in [6.07, 6.45) is 11.4. The van der Waals surface area contributed by atoms with Gasteiger partial charge in [0.1, 0.15) is 5.54 Å². The van der Waals surface area contributed by atoms with Crippen molar-refractivity contribution in [3.8, 4) is 0 Å². The van der Waals surface area contributed by atoms with Crippen LogP contribution in [0.4, 0.5) is 0 Å². The van der Waals surface area contributed by atoms with E-state index < -0.39 is 11.6 Å². The summed E-state index contributed by atoms with van der Waals surface area (Å²) in [5.74, 6) is 0.475. The fourth-order valence-electron chi connectivity index (χ4n) is 4.42. The SMILES string of the molecule is O=C1NC([O-])=NC1(C1CCCCC1)C1CCCCC1.[Na+]. The van der Waals surface area contributed by atoms with E-state index in [0.717, 1.165) is 25.7 Å². The van der Waals surface area contributed by atoms with Crippen molar-refractivity contribution in [1.82, 2.24) is 5.32 Å². The molecule has 0 radical (unpaired) electrons.